The second-order valence-electron chi connectivity index (χ2n) is 4.77. The first-order valence-electron chi connectivity index (χ1n) is 6.22. The van der Waals surface area contributed by atoms with Crippen molar-refractivity contribution in [2.24, 2.45) is 4.99 Å². The Morgan fingerprint density at radius 1 is 1.42 bits per heavy atom. The molecule has 1 aromatic heterocycles. The zero-order valence-corrected chi connectivity index (χ0v) is 12.7. The molecule has 0 unspecified atom stereocenters. The molecular weight excluding hydrogens is 306 g/mol. The third-order valence-electron chi connectivity index (χ3n) is 2.89. The average molecular weight is 324 g/mol. The lowest BCUT2D eigenvalue weighted by Crippen LogP contribution is -2.13. The first-order valence-corrected chi connectivity index (χ1v) is 7.02. The molecule has 0 aliphatic rings. The third-order valence-corrected chi connectivity index (χ3v) is 3.39. The number of fused-ring (bicyclic) bond motifs is 1. The Hall–Kier alpha value is -1.33. The van der Waals surface area contributed by atoms with Crippen molar-refractivity contribution in [2.45, 2.75) is 6.42 Å². The highest BCUT2D eigenvalue weighted by Crippen LogP contribution is 2.28. The summed E-state index contributed by atoms with van der Waals surface area (Å²) in [6, 6.07) is 5.85. The summed E-state index contributed by atoms with van der Waals surface area (Å²) in [7, 11) is 4.10. The summed E-state index contributed by atoms with van der Waals surface area (Å²) < 4.78 is 0.987. The first-order chi connectivity index (χ1) is 9.08. The zero-order chi connectivity index (χ0) is 13.8. The van der Waals surface area contributed by atoms with E-state index in [1.54, 1.807) is 6.21 Å². The molecule has 0 aliphatic carbocycles. The normalized spacial score (nSPS) is 12.0. The molecule has 0 saturated heterocycles. The molecule has 0 spiro atoms. The standard InChI is InChI=1S/C14H18BrN3O/c1-18(2)7-3-6-16-9-12-11-8-10(15)4-5-13(11)17-14(12)19/h4-5,8-9,17,19H,3,6-7H2,1-2H3. The van der Waals surface area contributed by atoms with E-state index in [0.29, 0.717) is 0 Å². The van der Waals surface area contributed by atoms with Crippen molar-refractivity contribution in [3.05, 3.63) is 28.2 Å². The van der Waals surface area contributed by atoms with Crippen LogP contribution in [-0.4, -0.2) is 48.4 Å². The molecule has 5 heteroatoms. The van der Waals surface area contributed by atoms with Gasteiger partial charge in [0.25, 0.3) is 0 Å². The highest BCUT2D eigenvalue weighted by atomic mass is 79.9. The lowest BCUT2D eigenvalue weighted by atomic mass is 10.2. The molecule has 19 heavy (non-hydrogen) atoms. The van der Waals surface area contributed by atoms with Crippen LogP contribution in [0.4, 0.5) is 0 Å². The molecule has 2 aromatic rings. The van der Waals surface area contributed by atoms with Crippen molar-refractivity contribution in [3.63, 3.8) is 0 Å². The minimum absolute atomic E-state index is 0.171. The number of benzene rings is 1. The number of hydrogen-bond donors (Lipinski definition) is 2. The molecule has 0 radical (unpaired) electrons. The second kappa shape index (κ2) is 6.21. The maximum absolute atomic E-state index is 9.90. The molecular formula is C14H18BrN3O. The van der Waals surface area contributed by atoms with E-state index in [2.05, 4.69) is 30.8 Å². The Balaban J connectivity index is 2.13. The maximum Gasteiger partial charge on any atom is 0.198 e. The van der Waals surface area contributed by atoms with E-state index in [-0.39, 0.29) is 5.88 Å². The lowest BCUT2D eigenvalue weighted by Gasteiger charge is -2.06. The van der Waals surface area contributed by atoms with E-state index in [1.807, 2.05) is 32.3 Å². The van der Waals surface area contributed by atoms with Crippen molar-refractivity contribution < 1.29 is 5.11 Å². The van der Waals surface area contributed by atoms with Crippen LogP contribution in [0, 0.1) is 0 Å². The van der Waals surface area contributed by atoms with Gasteiger partial charge in [-0.05, 0) is 45.3 Å². The number of halogens is 1. The highest BCUT2D eigenvalue weighted by Gasteiger charge is 2.08. The van der Waals surface area contributed by atoms with E-state index >= 15 is 0 Å². The largest absolute Gasteiger partial charge is 0.494 e. The number of aromatic amines is 1. The molecule has 4 nitrogen and oxygen atoms in total. The monoisotopic (exact) mass is 323 g/mol. The summed E-state index contributed by atoms with van der Waals surface area (Å²) in [6.45, 7) is 1.78. The molecule has 102 valence electrons. The first kappa shape index (κ1) is 14.1. The molecule has 0 atom stereocenters. The summed E-state index contributed by atoms with van der Waals surface area (Å²) in [5.41, 5.74) is 1.66. The van der Waals surface area contributed by atoms with Gasteiger partial charge in [0.05, 0.1) is 5.56 Å². The highest BCUT2D eigenvalue weighted by molar-refractivity contribution is 9.10. The van der Waals surface area contributed by atoms with Gasteiger partial charge in [-0.2, -0.15) is 0 Å². The number of rotatable bonds is 5. The quantitative estimate of drug-likeness (QED) is 0.656. The van der Waals surface area contributed by atoms with Crippen molar-refractivity contribution in [2.75, 3.05) is 27.2 Å². The molecule has 0 amide bonds. The van der Waals surface area contributed by atoms with Crippen LogP contribution in [0.2, 0.25) is 0 Å². The van der Waals surface area contributed by atoms with Crippen LogP contribution < -0.4 is 0 Å². The molecule has 2 rings (SSSR count). The molecule has 0 fully saturated rings. The van der Waals surface area contributed by atoms with Gasteiger partial charge in [0.1, 0.15) is 0 Å². The van der Waals surface area contributed by atoms with Gasteiger partial charge in [0.2, 0.25) is 0 Å². The van der Waals surface area contributed by atoms with Gasteiger partial charge in [-0.1, -0.05) is 15.9 Å². The summed E-state index contributed by atoms with van der Waals surface area (Å²) in [6.07, 6.45) is 2.76. The van der Waals surface area contributed by atoms with Gasteiger partial charge in [0.15, 0.2) is 5.88 Å². The molecule has 1 heterocycles. The van der Waals surface area contributed by atoms with Crippen LogP contribution in [0.15, 0.2) is 27.7 Å². The van der Waals surface area contributed by atoms with Crippen molar-refractivity contribution >= 4 is 33.0 Å². The minimum atomic E-state index is 0.171. The number of aliphatic imine (C=N–C) groups is 1. The SMILES string of the molecule is CN(C)CCCN=Cc1c(O)[nH]c2ccc(Br)cc12. The number of nitrogens with zero attached hydrogens (tertiary/aromatic N) is 2. The van der Waals surface area contributed by atoms with Crippen LogP contribution in [-0.2, 0) is 0 Å². The van der Waals surface area contributed by atoms with Crippen LogP contribution in [0.5, 0.6) is 5.88 Å². The average Bonchev–Trinajstić information content (AvgIpc) is 2.65. The van der Waals surface area contributed by atoms with Gasteiger partial charge in [-0.15, -0.1) is 0 Å². The number of H-pyrrole nitrogens is 1. The van der Waals surface area contributed by atoms with E-state index in [9.17, 15) is 5.11 Å². The zero-order valence-electron chi connectivity index (χ0n) is 11.2. The third kappa shape index (κ3) is 3.58. The predicted octanol–water partition coefficient (Wildman–Crippen LogP) is 3.01. The molecule has 0 bridgehead atoms. The van der Waals surface area contributed by atoms with E-state index in [4.69, 9.17) is 0 Å². The van der Waals surface area contributed by atoms with Crippen LogP contribution in [0.3, 0.4) is 0 Å². The second-order valence-corrected chi connectivity index (χ2v) is 5.68. The van der Waals surface area contributed by atoms with Gasteiger partial charge in [-0.25, -0.2) is 0 Å². The Morgan fingerprint density at radius 2 is 2.21 bits per heavy atom. The van der Waals surface area contributed by atoms with E-state index < -0.39 is 0 Å². The van der Waals surface area contributed by atoms with Gasteiger partial charge < -0.3 is 15.0 Å². The Labute approximate surface area is 121 Å². The summed E-state index contributed by atoms with van der Waals surface area (Å²) in [4.78, 5) is 9.46. The van der Waals surface area contributed by atoms with Crippen LogP contribution >= 0.6 is 15.9 Å². The Bertz CT molecular complexity index is 590. The van der Waals surface area contributed by atoms with Crippen molar-refractivity contribution in [3.8, 4) is 5.88 Å². The number of aromatic hydroxyl groups is 1. The molecule has 1 aromatic carbocycles. The van der Waals surface area contributed by atoms with Crippen molar-refractivity contribution in [1.29, 1.82) is 0 Å². The summed E-state index contributed by atoms with van der Waals surface area (Å²) in [5.74, 6) is 0.171. The Morgan fingerprint density at radius 3 is 2.95 bits per heavy atom. The fraction of sp³-hybridized carbons (Fsp3) is 0.357. The summed E-state index contributed by atoms with van der Waals surface area (Å²) >= 11 is 3.44. The number of aromatic nitrogens is 1. The number of nitrogens with one attached hydrogen (secondary N) is 1. The topological polar surface area (TPSA) is 51.6 Å². The van der Waals surface area contributed by atoms with E-state index in [0.717, 1.165) is 40.4 Å². The number of hydrogen-bond acceptors (Lipinski definition) is 3. The maximum atomic E-state index is 9.90. The van der Waals surface area contributed by atoms with Gasteiger partial charge in [0, 0.05) is 28.1 Å². The van der Waals surface area contributed by atoms with Gasteiger partial charge >= 0.3 is 0 Å². The smallest absolute Gasteiger partial charge is 0.198 e. The van der Waals surface area contributed by atoms with Crippen LogP contribution in [0.1, 0.15) is 12.0 Å². The fourth-order valence-electron chi connectivity index (χ4n) is 1.94. The van der Waals surface area contributed by atoms with E-state index in [1.165, 1.54) is 0 Å². The molecule has 0 aliphatic heterocycles. The predicted molar refractivity (Wildman–Crippen MR) is 83.3 cm³/mol. The van der Waals surface area contributed by atoms with Crippen molar-refractivity contribution in [1.82, 2.24) is 9.88 Å². The molecule has 0 saturated carbocycles. The lowest BCUT2D eigenvalue weighted by molar-refractivity contribution is 0.403. The minimum Gasteiger partial charge on any atom is -0.494 e. The van der Waals surface area contributed by atoms with Crippen LogP contribution in [0.25, 0.3) is 10.9 Å². The summed E-state index contributed by atoms with van der Waals surface area (Å²) in [5, 5.41) is 10.9. The Kier molecular flexibility index (Phi) is 4.61. The fourth-order valence-corrected chi connectivity index (χ4v) is 2.30. The molecule has 2 N–H and O–H groups in total. The van der Waals surface area contributed by atoms with Gasteiger partial charge in [-0.3, -0.25) is 4.99 Å².